The monoisotopic (exact) mass is 499 g/mol. The van der Waals surface area contributed by atoms with Crippen LogP contribution in [-0.4, -0.2) is 42.9 Å². The Morgan fingerprint density at radius 3 is 2.71 bits per heavy atom. The van der Waals surface area contributed by atoms with Gasteiger partial charge in [-0.05, 0) is 50.5 Å². The van der Waals surface area contributed by atoms with Crippen molar-refractivity contribution in [3.63, 3.8) is 0 Å². The van der Waals surface area contributed by atoms with E-state index in [0.29, 0.717) is 34.3 Å². The lowest BCUT2D eigenvalue weighted by Crippen LogP contribution is -2.40. The minimum absolute atomic E-state index is 0.142. The van der Waals surface area contributed by atoms with E-state index in [1.165, 1.54) is 21.7 Å². The van der Waals surface area contributed by atoms with Gasteiger partial charge in [-0.2, -0.15) is 9.30 Å². The molecule has 11 heteroatoms. The number of hydrogen-bond donors (Lipinski definition) is 0. The summed E-state index contributed by atoms with van der Waals surface area (Å²) < 4.78 is 36.4. The van der Waals surface area contributed by atoms with Crippen LogP contribution in [0.4, 0.5) is 0 Å². The number of carbonyl (C=O) groups is 1. The van der Waals surface area contributed by atoms with E-state index in [2.05, 4.69) is 4.99 Å². The largest absolute Gasteiger partial charge is 0.495 e. The molecule has 0 aliphatic carbocycles. The lowest BCUT2D eigenvalue weighted by atomic mass is 10.2. The molecule has 1 aliphatic heterocycles. The van der Waals surface area contributed by atoms with Gasteiger partial charge in [0.2, 0.25) is 0 Å². The quantitative estimate of drug-likeness (QED) is 0.530. The number of ether oxygens (including phenoxy) is 1. The molecule has 3 heterocycles. The van der Waals surface area contributed by atoms with Gasteiger partial charge < -0.3 is 9.30 Å². The van der Waals surface area contributed by atoms with Crippen molar-refractivity contribution in [3.05, 3.63) is 39.0 Å². The first-order chi connectivity index (χ1) is 14.8. The summed E-state index contributed by atoms with van der Waals surface area (Å²) in [6.45, 7) is 4.87. The number of thiazole rings is 1. The van der Waals surface area contributed by atoms with Gasteiger partial charge in [-0.1, -0.05) is 29.0 Å². The van der Waals surface area contributed by atoms with Crippen LogP contribution < -0.4 is 9.54 Å². The van der Waals surface area contributed by atoms with Crippen molar-refractivity contribution >= 4 is 60.4 Å². The highest BCUT2D eigenvalue weighted by atomic mass is 35.5. The van der Waals surface area contributed by atoms with Gasteiger partial charge >= 0.3 is 0 Å². The third-order valence-corrected chi connectivity index (χ3v) is 10.1. The molecule has 31 heavy (non-hydrogen) atoms. The fourth-order valence-electron chi connectivity index (χ4n) is 3.82. The molecule has 0 saturated carbocycles. The fraction of sp³-hybridized carbons (Fsp3) is 0.400. The normalized spacial score (nSPS) is 18.2. The standard InChI is InChI=1S/C20H22ClN3O4S3/c1-4-23-17-14(28-3)8-7-12(2)18(17)30-20(23)22-19(25)13-6-5-11-24(13)31(26,27)16-10-9-15(21)29-16/h7-10,13H,4-6,11H2,1-3H3. The molecule has 0 spiro atoms. The summed E-state index contributed by atoms with van der Waals surface area (Å²) in [5.74, 6) is 0.265. The van der Waals surface area contributed by atoms with Gasteiger partial charge in [-0.3, -0.25) is 4.79 Å². The molecule has 0 bridgehead atoms. The summed E-state index contributed by atoms with van der Waals surface area (Å²) >= 11 is 8.33. The molecule has 7 nitrogen and oxygen atoms in total. The van der Waals surface area contributed by atoms with Gasteiger partial charge in [0, 0.05) is 13.1 Å². The van der Waals surface area contributed by atoms with E-state index in [0.717, 1.165) is 27.1 Å². The Bertz CT molecular complexity index is 1320. The highest BCUT2D eigenvalue weighted by molar-refractivity contribution is 7.91. The van der Waals surface area contributed by atoms with Gasteiger partial charge in [0.05, 0.1) is 16.1 Å². The van der Waals surface area contributed by atoms with Crippen molar-refractivity contribution in [1.29, 1.82) is 0 Å². The molecular weight excluding hydrogens is 478 g/mol. The van der Waals surface area contributed by atoms with Crippen LogP contribution in [0.5, 0.6) is 5.75 Å². The molecule has 1 fully saturated rings. The molecule has 1 saturated heterocycles. The summed E-state index contributed by atoms with van der Waals surface area (Å²) in [6, 6.07) is 6.09. The summed E-state index contributed by atoms with van der Waals surface area (Å²) in [5.41, 5.74) is 1.96. The molecule has 1 unspecified atom stereocenters. The van der Waals surface area contributed by atoms with Crippen molar-refractivity contribution in [1.82, 2.24) is 8.87 Å². The molecule has 1 aromatic carbocycles. The van der Waals surface area contributed by atoms with Gasteiger partial charge in [0.15, 0.2) is 4.80 Å². The molecule has 0 radical (unpaired) electrons. The average molecular weight is 500 g/mol. The average Bonchev–Trinajstić information content (AvgIpc) is 3.46. The molecule has 1 amide bonds. The summed E-state index contributed by atoms with van der Waals surface area (Å²) in [5, 5.41) is 0. The Morgan fingerprint density at radius 2 is 2.06 bits per heavy atom. The molecule has 166 valence electrons. The van der Waals surface area contributed by atoms with Crippen LogP contribution in [0, 0.1) is 6.92 Å². The minimum atomic E-state index is -3.80. The zero-order chi connectivity index (χ0) is 22.3. The summed E-state index contributed by atoms with van der Waals surface area (Å²) in [7, 11) is -2.19. The second-order valence-electron chi connectivity index (χ2n) is 7.17. The Hall–Kier alpha value is -1.72. The van der Waals surface area contributed by atoms with E-state index in [-0.39, 0.29) is 10.8 Å². The van der Waals surface area contributed by atoms with Gasteiger partial charge in [0.25, 0.3) is 15.9 Å². The van der Waals surface area contributed by atoms with E-state index in [4.69, 9.17) is 16.3 Å². The van der Waals surface area contributed by atoms with Crippen LogP contribution in [0.2, 0.25) is 4.34 Å². The number of benzene rings is 1. The number of methoxy groups -OCH3 is 1. The topological polar surface area (TPSA) is 81.0 Å². The molecule has 1 atom stereocenters. The zero-order valence-corrected chi connectivity index (χ0v) is 20.5. The third kappa shape index (κ3) is 3.95. The second-order valence-corrected chi connectivity index (χ2v) is 12.0. The van der Waals surface area contributed by atoms with Crippen LogP contribution in [0.1, 0.15) is 25.3 Å². The number of amides is 1. The molecule has 0 N–H and O–H groups in total. The van der Waals surface area contributed by atoms with Crippen LogP contribution >= 0.6 is 34.3 Å². The Labute approximate surface area is 193 Å². The maximum absolute atomic E-state index is 13.2. The third-order valence-electron chi connectivity index (χ3n) is 5.33. The van der Waals surface area contributed by atoms with Crippen molar-refractivity contribution in [2.75, 3.05) is 13.7 Å². The predicted molar refractivity (Wildman–Crippen MR) is 124 cm³/mol. The number of aromatic nitrogens is 1. The molecule has 4 rings (SSSR count). The van der Waals surface area contributed by atoms with Crippen molar-refractivity contribution in [2.24, 2.45) is 4.99 Å². The Kier molecular flexibility index (Phi) is 6.28. The number of carbonyl (C=O) groups excluding carboxylic acids is 1. The van der Waals surface area contributed by atoms with Crippen LogP contribution in [-0.2, 0) is 21.4 Å². The molecule has 3 aromatic rings. The van der Waals surface area contributed by atoms with Gasteiger partial charge in [0.1, 0.15) is 21.5 Å². The first-order valence-corrected chi connectivity index (χ1v) is 13.3. The summed E-state index contributed by atoms with van der Waals surface area (Å²) in [4.78, 5) is 18.1. The van der Waals surface area contributed by atoms with Crippen molar-refractivity contribution < 1.29 is 17.9 Å². The highest BCUT2D eigenvalue weighted by Crippen LogP contribution is 2.33. The maximum Gasteiger partial charge on any atom is 0.266 e. The van der Waals surface area contributed by atoms with Crippen molar-refractivity contribution in [3.8, 4) is 5.75 Å². The number of aryl methyl sites for hydroxylation is 2. The number of sulfonamides is 1. The predicted octanol–water partition coefficient (Wildman–Crippen LogP) is 4.04. The first kappa shape index (κ1) is 22.5. The number of hydrogen-bond acceptors (Lipinski definition) is 6. The number of rotatable bonds is 5. The minimum Gasteiger partial charge on any atom is -0.495 e. The second kappa shape index (κ2) is 8.67. The van der Waals surface area contributed by atoms with Gasteiger partial charge in [-0.15, -0.1) is 11.3 Å². The molecule has 2 aromatic heterocycles. The number of thiophene rings is 1. The highest BCUT2D eigenvalue weighted by Gasteiger charge is 2.40. The van der Waals surface area contributed by atoms with E-state index in [1.54, 1.807) is 13.2 Å². The van der Waals surface area contributed by atoms with Crippen LogP contribution in [0.15, 0.2) is 33.5 Å². The first-order valence-electron chi connectivity index (χ1n) is 9.80. The van der Waals surface area contributed by atoms with E-state index in [9.17, 15) is 13.2 Å². The zero-order valence-electron chi connectivity index (χ0n) is 17.3. The number of nitrogens with zero attached hydrogens (tertiary/aromatic N) is 3. The SMILES string of the molecule is CCn1c(=NC(=O)C2CCCN2S(=O)(=O)c2ccc(Cl)s2)sc2c(C)ccc(OC)c21. The number of fused-ring (bicyclic) bond motifs is 1. The molecule has 1 aliphatic rings. The number of halogens is 1. The van der Waals surface area contributed by atoms with E-state index >= 15 is 0 Å². The Morgan fingerprint density at radius 1 is 1.29 bits per heavy atom. The fourth-order valence-corrected chi connectivity index (χ4v) is 8.27. The smallest absolute Gasteiger partial charge is 0.266 e. The lowest BCUT2D eigenvalue weighted by Gasteiger charge is -2.20. The van der Waals surface area contributed by atoms with Gasteiger partial charge in [-0.25, -0.2) is 8.42 Å². The van der Waals surface area contributed by atoms with E-state index in [1.807, 2.05) is 30.5 Å². The molecular formula is C20H22ClN3O4S3. The lowest BCUT2D eigenvalue weighted by molar-refractivity contribution is -0.121. The van der Waals surface area contributed by atoms with Crippen molar-refractivity contribution in [2.45, 2.75) is 43.5 Å². The van der Waals surface area contributed by atoms with Crippen LogP contribution in [0.25, 0.3) is 10.2 Å². The summed E-state index contributed by atoms with van der Waals surface area (Å²) in [6.07, 6.45) is 1.05. The van der Waals surface area contributed by atoms with Crippen LogP contribution in [0.3, 0.4) is 0 Å². The van der Waals surface area contributed by atoms with E-state index < -0.39 is 22.0 Å². The maximum atomic E-state index is 13.2. The Balaban J connectivity index is 1.76.